The van der Waals surface area contributed by atoms with Crippen LogP contribution in [0, 0.1) is 6.92 Å². The van der Waals surface area contributed by atoms with E-state index in [9.17, 15) is 4.79 Å². The molecule has 2 N–H and O–H groups in total. The van der Waals surface area contributed by atoms with Crippen molar-refractivity contribution >= 4 is 34.0 Å². The van der Waals surface area contributed by atoms with Gasteiger partial charge >= 0.3 is 0 Å². The topological polar surface area (TPSA) is 92.9 Å². The van der Waals surface area contributed by atoms with E-state index in [0.29, 0.717) is 33.5 Å². The van der Waals surface area contributed by atoms with Crippen LogP contribution in [0.1, 0.15) is 61.2 Å². The molecule has 0 atom stereocenters. The molecule has 7 nitrogen and oxygen atoms in total. The third kappa shape index (κ3) is 5.96. The highest BCUT2D eigenvalue weighted by atomic mass is 35.5. The molecule has 0 fully saturated rings. The van der Waals surface area contributed by atoms with Crippen molar-refractivity contribution in [2.75, 3.05) is 5.32 Å². The summed E-state index contributed by atoms with van der Waals surface area (Å²) in [5.41, 5.74) is 4.87. The van der Waals surface area contributed by atoms with E-state index >= 15 is 0 Å². The van der Waals surface area contributed by atoms with E-state index in [-0.39, 0.29) is 11.7 Å². The molecule has 1 aromatic carbocycles. The predicted octanol–water partition coefficient (Wildman–Crippen LogP) is 6.70. The largest absolute Gasteiger partial charge is 0.435 e. The molecule has 0 radical (unpaired) electrons. The Labute approximate surface area is 214 Å². The molecule has 0 aliphatic heterocycles. The van der Waals surface area contributed by atoms with Gasteiger partial charge in [0.15, 0.2) is 11.0 Å². The van der Waals surface area contributed by atoms with Crippen LogP contribution >= 0.6 is 22.9 Å². The number of oxazole rings is 1. The Kier molecular flexibility index (Phi) is 7.64. The molecule has 3 heterocycles. The molecule has 0 saturated carbocycles. The molecule has 9 heteroatoms. The van der Waals surface area contributed by atoms with Crippen molar-refractivity contribution in [2.45, 2.75) is 53.1 Å². The fourth-order valence-electron chi connectivity index (χ4n) is 3.45. The number of carbonyl (C=O) groups excluding carboxylic acids is 1. The fourth-order valence-corrected chi connectivity index (χ4v) is 4.27. The van der Waals surface area contributed by atoms with Crippen LogP contribution in [0.15, 0.2) is 46.3 Å². The second-order valence-electron chi connectivity index (χ2n) is 8.93. The molecule has 0 spiro atoms. The van der Waals surface area contributed by atoms with Crippen LogP contribution in [0.25, 0.3) is 22.6 Å². The molecule has 1 amide bonds. The van der Waals surface area contributed by atoms with Gasteiger partial charge in [0.25, 0.3) is 5.91 Å². The summed E-state index contributed by atoms with van der Waals surface area (Å²) in [6, 6.07) is 9.66. The van der Waals surface area contributed by atoms with Crippen molar-refractivity contribution in [2.24, 2.45) is 0 Å². The zero-order chi connectivity index (χ0) is 25.1. The Balaban J connectivity index is 1.55. The number of benzene rings is 1. The molecule has 0 aliphatic rings. The van der Waals surface area contributed by atoms with E-state index in [2.05, 4.69) is 45.5 Å². The zero-order valence-corrected chi connectivity index (χ0v) is 21.9. The Morgan fingerprint density at radius 3 is 2.51 bits per heavy atom. The van der Waals surface area contributed by atoms with Crippen molar-refractivity contribution in [3.8, 4) is 22.6 Å². The lowest BCUT2D eigenvalue weighted by atomic mass is 10.1. The summed E-state index contributed by atoms with van der Waals surface area (Å²) in [4.78, 5) is 26.9. The highest BCUT2D eigenvalue weighted by Crippen LogP contribution is 2.30. The Morgan fingerprint density at radius 1 is 1.11 bits per heavy atom. The lowest BCUT2D eigenvalue weighted by Crippen LogP contribution is -2.21. The number of amides is 1. The van der Waals surface area contributed by atoms with Crippen LogP contribution in [-0.4, -0.2) is 26.9 Å². The summed E-state index contributed by atoms with van der Waals surface area (Å²) in [6.07, 6.45) is 1.86. The molecule has 0 unspecified atom stereocenters. The number of hydrogen-bond acceptors (Lipinski definition) is 7. The summed E-state index contributed by atoms with van der Waals surface area (Å²) < 4.78 is 5.86. The van der Waals surface area contributed by atoms with Gasteiger partial charge in [0.1, 0.15) is 11.4 Å². The predicted molar refractivity (Wildman–Crippen MR) is 141 cm³/mol. The summed E-state index contributed by atoms with van der Waals surface area (Å²) in [5, 5.41) is 9.20. The number of anilines is 1. The number of hydrogen-bond donors (Lipinski definition) is 2. The first-order valence-electron chi connectivity index (χ1n) is 11.4. The molecule has 0 saturated heterocycles. The molecule has 4 rings (SSSR count). The minimum absolute atomic E-state index is 0.0295. The van der Waals surface area contributed by atoms with Gasteiger partial charge in [-0.15, -0.1) is 11.3 Å². The zero-order valence-electron chi connectivity index (χ0n) is 20.3. The van der Waals surface area contributed by atoms with Crippen molar-refractivity contribution < 1.29 is 9.21 Å². The first-order valence-corrected chi connectivity index (χ1v) is 12.7. The lowest BCUT2D eigenvalue weighted by molar-refractivity contribution is 0.0995. The summed E-state index contributed by atoms with van der Waals surface area (Å²) >= 11 is 7.36. The summed E-state index contributed by atoms with van der Waals surface area (Å²) in [5.74, 6) is 0.257. The quantitative estimate of drug-likeness (QED) is 0.274. The van der Waals surface area contributed by atoms with Crippen LogP contribution < -0.4 is 10.6 Å². The van der Waals surface area contributed by atoms with Gasteiger partial charge < -0.3 is 9.73 Å². The number of aromatic nitrogens is 3. The molecule has 35 heavy (non-hydrogen) atoms. The Morgan fingerprint density at radius 2 is 1.86 bits per heavy atom. The third-order valence-electron chi connectivity index (χ3n) is 5.28. The van der Waals surface area contributed by atoms with Crippen LogP contribution in [-0.2, 0) is 6.54 Å². The molecular formula is C26H28ClN5O2S. The van der Waals surface area contributed by atoms with E-state index in [0.717, 1.165) is 28.9 Å². The van der Waals surface area contributed by atoms with E-state index in [4.69, 9.17) is 16.0 Å². The van der Waals surface area contributed by atoms with Gasteiger partial charge in [-0.1, -0.05) is 57.5 Å². The highest BCUT2D eigenvalue weighted by molar-refractivity contribution is 7.14. The molecule has 0 bridgehead atoms. The first-order chi connectivity index (χ1) is 16.7. The van der Waals surface area contributed by atoms with E-state index in [1.54, 1.807) is 12.1 Å². The van der Waals surface area contributed by atoms with Crippen LogP contribution in [0.3, 0.4) is 0 Å². The SMILES string of the molecule is Cc1cc(CNC(C)C)cnc1-c1csc(NC(=O)c2oc(C(C)C)nc2-c2ccc(Cl)cc2)n1. The van der Waals surface area contributed by atoms with Crippen molar-refractivity contribution in [3.05, 3.63) is 69.7 Å². The monoisotopic (exact) mass is 509 g/mol. The van der Waals surface area contributed by atoms with Crippen molar-refractivity contribution in [3.63, 3.8) is 0 Å². The summed E-state index contributed by atoms with van der Waals surface area (Å²) in [7, 11) is 0. The van der Waals surface area contributed by atoms with Gasteiger partial charge in [-0.3, -0.25) is 15.1 Å². The third-order valence-corrected chi connectivity index (χ3v) is 6.29. The van der Waals surface area contributed by atoms with E-state index < -0.39 is 5.91 Å². The Hall–Kier alpha value is -3.07. The second-order valence-corrected chi connectivity index (χ2v) is 10.2. The average Bonchev–Trinajstić information content (AvgIpc) is 3.46. The number of halogens is 1. The van der Waals surface area contributed by atoms with Crippen molar-refractivity contribution in [1.29, 1.82) is 0 Å². The summed E-state index contributed by atoms with van der Waals surface area (Å²) in [6.45, 7) is 10.9. The second kappa shape index (κ2) is 10.7. The molecular weight excluding hydrogens is 482 g/mol. The Bertz CT molecular complexity index is 1330. The standard InChI is InChI=1S/C26H28ClN5O2S/c1-14(2)25-31-22(18-6-8-19(27)9-7-18)23(34-25)24(33)32-26-30-20(13-35-26)21-16(5)10-17(12-29-21)11-28-15(3)4/h6-10,12-15,28H,11H2,1-5H3,(H,30,32,33). The maximum absolute atomic E-state index is 13.2. The first kappa shape index (κ1) is 25.0. The van der Waals surface area contributed by atoms with Gasteiger partial charge in [0.05, 0.1) is 5.69 Å². The van der Waals surface area contributed by atoms with Crippen LogP contribution in [0.2, 0.25) is 5.02 Å². The number of rotatable bonds is 8. The number of nitrogens with one attached hydrogen (secondary N) is 2. The number of pyridine rings is 1. The number of aryl methyl sites for hydroxylation is 1. The molecule has 182 valence electrons. The molecule has 4 aromatic rings. The van der Waals surface area contributed by atoms with Gasteiger partial charge in [-0.05, 0) is 30.2 Å². The maximum Gasteiger partial charge on any atom is 0.295 e. The maximum atomic E-state index is 13.2. The average molecular weight is 510 g/mol. The minimum Gasteiger partial charge on any atom is -0.435 e. The van der Waals surface area contributed by atoms with E-state index in [1.165, 1.54) is 11.3 Å². The van der Waals surface area contributed by atoms with Crippen LogP contribution in [0.5, 0.6) is 0 Å². The number of nitrogens with zero attached hydrogens (tertiary/aromatic N) is 3. The number of thiazole rings is 1. The lowest BCUT2D eigenvalue weighted by Gasteiger charge is -2.09. The molecule has 3 aromatic heterocycles. The minimum atomic E-state index is -0.407. The smallest absolute Gasteiger partial charge is 0.295 e. The van der Waals surface area contributed by atoms with Gasteiger partial charge in [0.2, 0.25) is 5.76 Å². The van der Waals surface area contributed by atoms with Crippen LogP contribution in [0.4, 0.5) is 5.13 Å². The highest BCUT2D eigenvalue weighted by Gasteiger charge is 2.24. The normalized spacial score (nSPS) is 11.4. The number of carbonyl (C=O) groups is 1. The fraction of sp³-hybridized carbons (Fsp3) is 0.308. The van der Waals surface area contributed by atoms with Gasteiger partial charge in [-0.2, -0.15) is 0 Å². The van der Waals surface area contributed by atoms with Gasteiger partial charge in [0, 0.05) is 40.7 Å². The van der Waals surface area contributed by atoms with Crippen molar-refractivity contribution in [1.82, 2.24) is 20.3 Å². The molecule has 0 aliphatic carbocycles. The van der Waals surface area contributed by atoms with E-state index in [1.807, 2.05) is 44.5 Å². The van der Waals surface area contributed by atoms with Gasteiger partial charge in [-0.25, -0.2) is 9.97 Å².